The van der Waals surface area contributed by atoms with Gasteiger partial charge in [0.15, 0.2) is 0 Å². The second-order valence-corrected chi connectivity index (χ2v) is 7.29. The average Bonchev–Trinajstić information content (AvgIpc) is 2.98. The van der Waals surface area contributed by atoms with Crippen LogP contribution in [0.3, 0.4) is 0 Å². The molecule has 1 aliphatic heterocycles. The molecular formula is C19H20FN3S. The van der Waals surface area contributed by atoms with Crippen LogP contribution in [0.1, 0.15) is 0 Å². The van der Waals surface area contributed by atoms with E-state index in [2.05, 4.69) is 46.1 Å². The number of para-hydroxylation sites is 1. The summed E-state index contributed by atoms with van der Waals surface area (Å²) in [7, 11) is 2.17. The standard InChI is InChI=1S/C19H20FN3S/c1-22-8-10-23(11-9-22)17-4-2-3-5-18(17)24-19-13-21-16-12-14(20)6-7-15(16)19/h2-7,12-13,21H,8-11H2,1H3. The van der Waals surface area contributed by atoms with Gasteiger partial charge in [-0.05, 0) is 37.4 Å². The van der Waals surface area contributed by atoms with Gasteiger partial charge in [0.25, 0.3) is 0 Å². The van der Waals surface area contributed by atoms with Gasteiger partial charge < -0.3 is 14.8 Å². The summed E-state index contributed by atoms with van der Waals surface area (Å²) in [6.45, 7) is 4.27. The Morgan fingerprint density at radius 1 is 1.00 bits per heavy atom. The van der Waals surface area contributed by atoms with E-state index in [4.69, 9.17) is 0 Å². The number of fused-ring (bicyclic) bond motifs is 1. The van der Waals surface area contributed by atoms with Gasteiger partial charge in [-0.1, -0.05) is 23.9 Å². The van der Waals surface area contributed by atoms with Crippen LogP contribution in [0.15, 0.2) is 58.5 Å². The fourth-order valence-corrected chi connectivity index (χ4v) is 4.22. The Balaban J connectivity index is 1.64. The zero-order chi connectivity index (χ0) is 16.5. The van der Waals surface area contributed by atoms with Crippen molar-refractivity contribution in [3.8, 4) is 0 Å². The third kappa shape index (κ3) is 3.01. The van der Waals surface area contributed by atoms with E-state index >= 15 is 0 Å². The van der Waals surface area contributed by atoms with E-state index < -0.39 is 0 Å². The van der Waals surface area contributed by atoms with Crippen molar-refractivity contribution < 1.29 is 4.39 Å². The number of nitrogens with one attached hydrogen (secondary N) is 1. The van der Waals surface area contributed by atoms with Gasteiger partial charge in [-0.25, -0.2) is 4.39 Å². The predicted molar refractivity (Wildman–Crippen MR) is 98.5 cm³/mol. The number of hydrogen-bond donors (Lipinski definition) is 1. The summed E-state index contributed by atoms with van der Waals surface area (Å²) < 4.78 is 13.4. The molecule has 1 N–H and O–H groups in total. The molecule has 4 rings (SSSR count). The van der Waals surface area contributed by atoms with E-state index in [1.54, 1.807) is 17.8 Å². The third-order valence-corrected chi connectivity index (χ3v) is 5.66. The van der Waals surface area contributed by atoms with Crippen LogP contribution in [0.4, 0.5) is 10.1 Å². The molecule has 0 saturated carbocycles. The maximum atomic E-state index is 13.4. The Hall–Kier alpha value is -1.98. The van der Waals surface area contributed by atoms with E-state index in [-0.39, 0.29) is 5.82 Å². The number of aromatic amines is 1. The quantitative estimate of drug-likeness (QED) is 0.771. The zero-order valence-electron chi connectivity index (χ0n) is 13.6. The van der Waals surface area contributed by atoms with Crippen LogP contribution in [-0.2, 0) is 0 Å². The molecule has 0 atom stereocenters. The molecule has 24 heavy (non-hydrogen) atoms. The summed E-state index contributed by atoms with van der Waals surface area (Å²) in [6.07, 6.45) is 1.97. The molecular weight excluding hydrogens is 321 g/mol. The van der Waals surface area contributed by atoms with Crippen LogP contribution in [0, 0.1) is 5.82 Å². The van der Waals surface area contributed by atoms with Gasteiger partial charge in [0, 0.05) is 53.1 Å². The van der Waals surface area contributed by atoms with E-state index in [1.807, 2.05) is 12.3 Å². The molecule has 0 radical (unpaired) electrons. The highest BCUT2D eigenvalue weighted by Crippen LogP contribution is 2.39. The van der Waals surface area contributed by atoms with Gasteiger partial charge in [-0.2, -0.15) is 0 Å². The first-order valence-electron chi connectivity index (χ1n) is 8.18. The lowest BCUT2D eigenvalue weighted by Crippen LogP contribution is -2.44. The second-order valence-electron chi connectivity index (χ2n) is 6.20. The number of aromatic nitrogens is 1. The van der Waals surface area contributed by atoms with Crippen LogP contribution in [0.25, 0.3) is 10.9 Å². The summed E-state index contributed by atoms with van der Waals surface area (Å²) in [4.78, 5) is 10.4. The SMILES string of the molecule is CN1CCN(c2ccccc2Sc2c[nH]c3cc(F)ccc23)CC1. The van der Waals surface area contributed by atoms with Crippen molar-refractivity contribution in [2.75, 3.05) is 38.1 Å². The summed E-state index contributed by atoms with van der Waals surface area (Å²) in [5, 5.41) is 1.06. The minimum absolute atomic E-state index is 0.210. The number of nitrogens with zero attached hydrogens (tertiary/aromatic N) is 2. The Morgan fingerprint density at radius 2 is 1.79 bits per heavy atom. The maximum absolute atomic E-state index is 13.4. The van der Waals surface area contributed by atoms with Gasteiger partial charge in [0.1, 0.15) is 5.82 Å². The molecule has 0 aliphatic carbocycles. The molecule has 0 bridgehead atoms. The van der Waals surface area contributed by atoms with E-state index in [0.717, 1.165) is 42.0 Å². The zero-order valence-corrected chi connectivity index (χ0v) is 14.4. The fraction of sp³-hybridized carbons (Fsp3) is 0.263. The maximum Gasteiger partial charge on any atom is 0.125 e. The van der Waals surface area contributed by atoms with Gasteiger partial charge in [0.2, 0.25) is 0 Å². The largest absolute Gasteiger partial charge is 0.368 e. The molecule has 0 unspecified atom stereocenters. The number of piperazine rings is 1. The number of hydrogen-bond acceptors (Lipinski definition) is 3. The number of H-pyrrole nitrogens is 1. The summed E-state index contributed by atoms with van der Waals surface area (Å²) in [5.41, 5.74) is 2.13. The number of likely N-dealkylation sites (N-methyl/N-ethyl adjacent to an activating group) is 1. The fourth-order valence-electron chi connectivity index (χ4n) is 3.13. The summed E-state index contributed by atoms with van der Waals surface area (Å²) in [6, 6.07) is 13.5. The Morgan fingerprint density at radius 3 is 2.62 bits per heavy atom. The van der Waals surface area contributed by atoms with Gasteiger partial charge in [0.05, 0.1) is 5.69 Å². The van der Waals surface area contributed by atoms with Crippen LogP contribution in [-0.4, -0.2) is 43.1 Å². The van der Waals surface area contributed by atoms with Crippen LogP contribution >= 0.6 is 11.8 Å². The van der Waals surface area contributed by atoms with Gasteiger partial charge in [-0.3, -0.25) is 0 Å². The monoisotopic (exact) mass is 341 g/mol. The lowest BCUT2D eigenvalue weighted by Gasteiger charge is -2.35. The van der Waals surface area contributed by atoms with Gasteiger partial charge >= 0.3 is 0 Å². The second kappa shape index (κ2) is 6.49. The molecule has 1 aliphatic rings. The van der Waals surface area contributed by atoms with Crippen LogP contribution in [0.5, 0.6) is 0 Å². The Labute approximate surface area is 145 Å². The third-order valence-electron chi connectivity index (χ3n) is 4.53. The first kappa shape index (κ1) is 15.5. The first-order chi connectivity index (χ1) is 11.7. The highest BCUT2D eigenvalue weighted by Gasteiger charge is 2.18. The van der Waals surface area contributed by atoms with Gasteiger partial charge in [-0.15, -0.1) is 0 Å². The van der Waals surface area contributed by atoms with Crippen molar-refractivity contribution in [1.82, 2.24) is 9.88 Å². The minimum Gasteiger partial charge on any atom is -0.368 e. The molecule has 0 spiro atoms. The highest BCUT2D eigenvalue weighted by atomic mass is 32.2. The smallest absolute Gasteiger partial charge is 0.125 e. The minimum atomic E-state index is -0.210. The number of halogens is 1. The van der Waals surface area contributed by atoms with E-state index in [9.17, 15) is 4.39 Å². The number of anilines is 1. The molecule has 1 saturated heterocycles. The highest BCUT2D eigenvalue weighted by molar-refractivity contribution is 7.99. The number of rotatable bonds is 3. The Bertz CT molecular complexity index is 853. The number of benzene rings is 2. The van der Waals surface area contributed by atoms with Crippen molar-refractivity contribution in [3.05, 3.63) is 54.5 Å². The topological polar surface area (TPSA) is 22.3 Å². The molecule has 5 heteroatoms. The molecule has 3 nitrogen and oxygen atoms in total. The van der Waals surface area contributed by atoms with E-state index in [1.165, 1.54) is 16.6 Å². The molecule has 124 valence electrons. The molecule has 0 amide bonds. The van der Waals surface area contributed by atoms with Crippen LogP contribution in [0.2, 0.25) is 0 Å². The van der Waals surface area contributed by atoms with Crippen molar-refractivity contribution >= 4 is 28.4 Å². The molecule has 1 aromatic heterocycles. The molecule has 2 heterocycles. The van der Waals surface area contributed by atoms with Crippen molar-refractivity contribution in [2.45, 2.75) is 9.79 Å². The van der Waals surface area contributed by atoms with Crippen molar-refractivity contribution in [2.24, 2.45) is 0 Å². The van der Waals surface area contributed by atoms with Crippen LogP contribution < -0.4 is 4.90 Å². The van der Waals surface area contributed by atoms with E-state index in [0.29, 0.717) is 0 Å². The van der Waals surface area contributed by atoms with Crippen molar-refractivity contribution in [3.63, 3.8) is 0 Å². The first-order valence-corrected chi connectivity index (χ1v) is 8.99. The van der Waals surface area contributed by atoms with Crippen molar-refractivity contribution in [1.29, 1.82) is 0 Å². The molecule has 3 aromatic rings. The molecule has 2 aromatic carbocycles. The Kier molecular flexibility index (Phi) is 4.21. The molecule has 1 fully saturated rings. The lowest BCUT2D eigenvalue weighted by atomic mass is 10.2. The summed E-state index contributed by atoms with van der Waals surface area (Å²) in [5.74, 6) is -0.210. The normalized spacial score (nSPS) is 16.0. The predicted octanol–water partition coefficient (Wildman–Crippen LogP) is 4.21. The average molecular weight is 341 g/mol. The summed E-state index contributed by atoms with van der Waals surface area (Å²) >= 11 is 1.74. The lowest BCUT2D eigenvalue weighted by molar-refractivity contribution is 0.312.